The molecule has 0 fully saturated rings. The fraction of sp³-hybridized carbons (Fsp3) is 0.812. The molecule has 40 heavy (non-hydrogen) atoms. The molecule has 0 aliphatic rings. The summed E-state index contributed by atoms with van der Waals surface area (Å²) in [6, 6.07) is 10.4. The van der Waals surface area contributed by atoms with Gasteiger partial charge in [-0.25, -0.2) is 0 Å². The van der Waals surface area contributed by atoms with Crippen molar-refractivity contribution in [3.05, 3.63) is 35.9 Å². The maximum absolute atomic E-state index is 14.1. The summed E-state index contributed by atoms with van der Waals surface area (Å²) in [5, 5.41) is 0. The lowest BCUT2D eigenvalue weighted by Crippen LogP contribution is -2.18. The first-order valence-electron chi connectivity index (χ1n) is 16.2. The molecule has 0 unspecified atom stereocenters. The van der Waals surface area contributed by atoms with E-state index in [1.165, 1.54) is 5.56 Å². The maximum atomic E-state index is 14.1. The van der Waals surface area contributed by atoms with E-state index in [4.69, 9.17) is 18.1 Å². The van der Waals surface area contributed by atoms with Gasteiger partial charge in [-0.15, -0.1) is 0 Å². The first-order valence-corrected chi connectivity index (χ1v) is 19.7. The van der Waals surface area contributed by atoms with Gasteiger partial charge >= 0.3 is 15.2 Å². The Morgan fingerprint density at radius 1 is 0.550 bits per heavy atom. The van der Waals surface area contributed by atoms with Crippen molar-refractivity contribution in [3.8, 4) is 0 Å². The third-order valence-corrected chi connectivity index (χ3v) is 11.3. The molecule has 0 bridgehead atoms. The quantitative estimate of drug-likeness (QED) is 0.0702. The minimum absolute atomic E-state index is 0.143. The van der Waals surface area contributed by atoms with Crippen LogP contribution in [0, 0.1) is 5.92 Å². The van der Waals surface area contributed by atoms with E-state index in [1.807, 2.05) is 6.07 Å². The lowest BCUT2D eigenvalue weighted by Gasteiger charge is -2.27. The number of unbranched alkanes of at least 4 members (excludes halogenated alkanes) is 8. The molecule has 0 saturated carbocycles. The maximum Gasteiger partial charge on any atom is 0.330 e. The van der Waals surface area contributed by atoms with Crippen LogP contribution in [0.1, 0.15) is 123 Å². The van der Waals surface area contributed by atoms with Crippen molar-refractivity contribution in [1.82, 2.24) is 0 Å². The van der Waals surface area contributed by atoms with Crippen LogP contribution in [0.15, 0.2) is 30.3 Å². The third-order valence-electron chi connectivity index (χ3n) is 7.03. The summed E-state index contributed by atoms with van der Waals surface area (Å²) in [7, 11) is -6.72. The molecule has 0 saturated heterocycles. The summed E-state index contributed by atoms with van der Waals surface area (Å²) in [5.74, 6) is -0.143. The summed E-state index contributed by atoms with van der Waals surface area (Å²) in [6.45, 7) is 10.3. The van der Waals surface area contributed by atoms with E-state index in [1.54, 1.807) is 0 Å². The summed E-state index contributed by atoms with van der Waals surface area (Å²) < 4.78 is 52.1. The molecule has 0 heterocycles. The molecule has 0 amide bonds. The predicted octanol–water partition coefficient (Wildman–Crippen LogP) is 10.8. The van der Waals surface area contributed by atoms with E-state index < -0.39 is 15.2 Å². The van der Waals surface area contributed by atoms with Gasteiger partial charge in [0.1, 0.15) is 0 Å². The first-order chi connectivity index (χ1) is 19.4. The Morgan fingerprint density at radius 2 is 0.925 bits per heavy atom. The second-order valence-corrected chi connectivity index (χ2v) is 15.2. The fourth-order valence-corrected chi connectivity index (χ4v) is 8.91. The zero-order chi connectivity index (χ0) is 29.4. The highest BCUT2D eigenvalue weighted by atomic mass is 31.2. The van der Waals surface area contributed by atoms with E-state index in [0.717, 1.165) is 96.3 Å². The van der Waals surface area contributed by atoms with Gasteiger partial charge in [-0.1, -0.05) is 109 Å². The SMILES string of the molecule is CCCCCOP(=O)(CC(CCCc1ccccc1)CP(=O)(OCCCCC)OCCCCC)OCCCCC. The summed E-state index contributed by atoms with van der Waals surface area (Å²) >= 11 is 0. The van der Waals surface area contributed by atoms with Gasteiger partial charge in [-0.3, -0.25) is 9.13 Å². The molecule has 0 atom stereocenters. The smallest absolute Gasteiger partial charge is 0.309 e. The topological polar surface area (TPSA) is 71.1 Å². The van der Waals surface area contributed by atoms with Gasteiger partial charge < -0.3 is 18.1 Å². The standard InChI is InChI=1S/C32H60O6P2/c1-5-9-16-25-35-39(33,36-26-17-10-6-2)29-32(24-20-23-31-21-14-13-15-22-31)30-40(34,37-27-18-11-7-3)38-28-19-12-8-4/h13-15,21-22,32H,5-12,16-20,23-30H2,1-4H3. The van der Waals surface area contributed by atoms with Gasteiger partial charge in [0.05, 0.1) is 38.8 Å². The highest BCUT2D eigenvalue weighted by Crippen LogP contribution is 2.56. The van der Waals surface area contributed by atoms with Crippen LogP contribution in [0.4, 0.5) is 0 Å². The molecule has 234 valence electrons. The van der Waals surface area contributed by atoms with Gasteiger partial charge in [0.15, 0.2) is 0 Å². The summed E-state index contributed by atoms with van der Waals surface area (Å²) in [4.78, 5) is 0. The van der Waals surface area contributed by atoms with Crippen molar-refractivity contribution < 1.29 is 27.2 Å². The second kappa shape index (κ2) is 24.0. The monoisotopic (exact) mass is 602 g/mol. The zero-order valence-corrected chi connectivity index (χ0v) is 27.9. The molecule has 0 N–H and O–H groups in total. The predicted molar refractivity (Wildman–Crippen MR) is 170 cm³/mol. The van der Waals surface area contributed by atoms with Gasteiger partial charge in [-0.05, 0) is 56.4 Å². The van der Waals surface area contributed by atoms with Gasteiger partial charge in [0, 0.05) is 0 Å². The Labute approximate surface area is 246 Å². The van der Waals surface area contributed by atoms with Gasteiger partial charge in [-0.2, -0.15) is 0 Å². The number of aryl methyl sites for hydroxylation is 1. The average Bonchev–Trinajstić information content (AvgIpc) is 2.95. The molecule has 0 aliphatic heterocycles. The number of benzene rings is 1. The minimum Gasteiger partial charge on any atom is -0.309 e. The van der Waals surface area contributed by atoms with E-state index >= 15 is 0 Å². The van der Waals surface area contributed by atoms with Crippen molar-refractivity contribution in [2.24, 2.45) is 5.92 Å². The van der Waals surface area contributed by atoms with Crippen molar-refractivity contribution in [1.29, 1.82) is 0 Å². The summed E-state index contributed by atoms with van der Waals surface area (Å²) in [6.07, 6.45) is 14.9. The van der Waals surface area contributed by atoms with Crippen LogP contribution in [0.5, 0.6) is 0 Å². The lowest BCUT2D eigenvalue weighted by molar-refractivity contribution is 0.188. The van der Waals surface area contributed by atoms with Crippen LogP contribution >= 0.6 is 15.2 Å². The van der Waals surface area contributed by atoms with E-state index in [2.05, 4.69) is 52.0 Å². The average molecular weight is 603 g/mol. The third kappa shape index (κ3) is 18.9. The Bertz CT molecular complexity index is 728. The van der Waals surface area contributed by atoms with Crippen molar-refractivity contribution in [3.63, 3.8) is 0 Å². The number of hydrogen-bond donors (Lipinski definition) is 0. The van der Waals surface area contributed by atoms with Gasteiger partial charge in [0.25, 0.3) is 0 Å². The number of rotatable bonds is 28. The second-order valence-electron chi connectivity index (χ2n) is 11.0. The molecule has 1 aromatic carbocycles. The Balaban J connectivity index is 3.05. The van der Waals surface area contributed by atoms with Crippen LogP contribution in [-0.2, 0) is 33.6 Å². The molecule has 0 aromatic heterocycles. The van der Waals surface area contributed by atoms with Crippen LogP contribution in [-0.4, -0.2) is 38.8 Å². The van der Waals surface area contributed by atoms with Crippen molar-refractivity contribution in [2.75, 3.05) is 38.8 Å². The molecule has 1 rings (SSSR count). The van der Waals surface area contributed by atoms with Crippen LogP contribution in [0.25, 0.3) is 0 Å². The normalized spacial score (nSPS) is 12.4. The number of hydrogen-bond acceptors (Lipinski definition) is 6. The fourth-order valence-electron chi connectivity index (χ4n) is 4.62. The molecular formula is C32H60O6P2. The highest BCUT2D eigenvalue weighted by molar-refractivity contribution is 7.55. The van der Waals surface area contributed by atoms with Crippen molar-refractivity contribution >= 4 is 15.2 Å². The summed E-state index contributed by atoms with van der Waals surface area (Å²) in [5.41, 5.74) is 1.27. The molecule has 0 radical (unpaired) electrons. The van der Waals surface area contributed by atoms with Crippen LogP contribution in [0.3, 0.4) is 0 Å². The molecule has 0 spiro atoms. The van der Waals surface area contributed by atoms with Crippen LogP contribution < -0.4 is 0 Å². The Morgan fingerprint density at radius 3 is 1.27 bits per heavy atom. The van der Waals surface area contributed by atoms with E-state index in [0.29, 0.717) is 26.4 Å². The molecule has 8 heteroatoms. The first kappa shape index (κ1) is 37.5. The van der Waals surface area contributed by atoms with E-state index in [9.17, 15) is 9.13 Å². The Kier molecular flexibility index (Phi) is 22.5. The van der Waals surface area contributed by atoms with E-state index in [-0.39, 0.29) is 18.2 Å². The van der Waals surface area contributed by atoms with Gasteiger partial charge in [0.2, 0.25) is 0 Å². The molecule has 0 aliphatic carbocycles. The molecule has 1 aromatic rings. The highest BCUT2D eigenvalue weighted by Gasteiger charge is 2.35. The zero-order valence-electron chi connectivity index (χ0n) is 26.2. The Hall–Kier alpha value is -0.480. The lowest BCUT2D eigenvalue weighted by atomic mass is 10.0. The van der Waals surface area contributed by atoms with Crippen molar-refractivity contribution in [2.45, 2.75) is 124 Å². The largest absolute Gasteiger partial charge is 0.330 e. The molecular weight excluding hydrogens is 542 g/mol. The van der Waals surface area contributed by atoms with Crippen LogP contribution in [0.2, 0.25) is 0 Å². The molecule has 6 nitrogen and oxygen atoms in total. The minimum atomic E-state index is -3.36.